The molecule has 2 heterocycles. The maximum absolute atomic E-state index is 9.88. The number of pyridine rings is 1. The average molecular weight is 282 g/mol. The summed E-state index contributed by atoms with van der Waals surface area (Å²) in [4.78, 5) is 4.36. The van der Waals surface area contributed by atoms with E-state index >= 15 is 0 Å². The molecule has 4 rings (SSSR count). The predicted molar refractivity (Wildman–Crippen MR) is 79.5 cm³/mol. The topological polar surface area (TPSA) is 65.4 Å². The minimum Gasteiger partial charge on any atom is -0.504 e. The van der Waals surface area contributed by atoms with Crippen LogP contribution < -0.4 is 5.32 Å². The highest BCUT2D eigenvalue weighted by atomic mass is 16.3. The number of aromatic hydroxyl groups is 2. The first-order valence-corrected chi connectivity index (χ1v) is 7.36. The fraction of sp³-hybridized carbons (Fsp3) is 0.353. The van der Waals surface area contributed by atoms with Crippen molar-refractivity contribution in [2.24, 2.45) is 0 Å². The summed E-state index contributed by atoms with van der Waals surface area (Å²) in [5, 5.41) is 23.2. The first kappa shape index (κ1) is 12.7. The van der Waals surface area contributed by atoms with Gasteiger partial charge >= 0.3 is 0 Å². The molecule has 0 bridgehead atoms. The van der Waals surface area contributed by atoms with Gasteiger partial charge in [0.05, 0.1) is 0 Å². The van der Waals surface area contributed by atoms with Gasteiger partial charge in [0.2, 0.25) is 0 Å². The van der Waals surface area contributed by atoms with Crippen molar-refractivity contribution in [1.29, 1.82) is 0 Å². The number of aryl methyl sites for hydroxylation is 2. The van der Waals surface area contributed by atoms with Crippen LogP contribution in [0.25, 0.3) is 0 Å². The third kappa shape index (κ3) is 1.83. The normalized spacial score (nSPS) is 23.1. The number of fused-ring (bicyclic) bond motifs is 5. The molecule has 1 aromatic carbocycles. The number of aromatic nitrogens is 1. The zero-order valence-corrected chi connectivity index (χ0v) is 11.9. The van der Waals surface area contributed by atoms with Gasteiger partial charge < -0.3 is 15.5 Å². The van der Waals surface area contributed by atoms with Crippen LogP contribution in [0.2, 0.25) is 0 Å². The van der Waals surface area contributed by atoms with E-state index in [0.29, 0.717) is 6.04 Å². The monoisotopic (exact) mass is 282 g/mol. The second-order valence-electron chi connectivity index (χ2n) is 6.07. The van der Waals surface area contributed by atoms with Crippen LogP contribution >= 0.6 is 0 Å². The van der Waals surface area contributed by atoms with Crippen LogP contribution in [-0.4, -0.2) is 21.2 Å². The van der Waals surface area contributed by atoms with Crippen LogP contribution in [0.5, 0.6) is 11.5 Å². The fourth-order valence-corrected chi connectivity index (χ4v) is 3.80. The van der Waals surface area contributed by atoms with Crippen molar-refractivity contribution in [2.75, 3.05) is 0 Å². The molecule has 1 aliphatic heterocycles. The Bertz CT molecular complexity index is 727. The fourth-order valence-electron chi connectivity index (χ4n) is 3.80. The molecular formula is C17H18N2O2. The van der Waals surface area contributed by atoms with Crippen LogP contribution in [-0.2, 0) is 13.0 Å². The van der Waals surface area contributed by atoms with Gasteiger partial charge in [-0.05, 0) is 59.7 Å². The molecule has 2 aliphatic rings. The van der Waals surface area contributed by atoms with Gasteiger partial charge in [-0.2, -0.15) is 0 Å². The molecule has 0 spiro atoms. The Kier molecular flexibility index (Phi) is 2.69. The highest BCUT2D eigenvalue weighted by molar-refractivity contribution is 5.53. The van der Waals surface area contributed by atoms with E-state index in [0.717, 1.165) is 30.5 Å². The zero-order chi connectivity index (χ0) is 14.6. The summed E-state index contributed by atoms with van der Waals surface area (Å²) >= 11 is 0. The Morgan fingerprint density at radius 2 is 1.95 bits per heavy atom. The molecule has 21 heavy (non-hydrogen) atoms. The van der Waals surface area contributed by atoms with E-state index < -0.39 is 0 Å². The molecule has 0 amide bonds. The van der Waals surface area contributed by atoms with Crippen LogP contribution in [0.4, 0.5) is 0 Å². The number of rotatable bonds is 0. The standard InChI is InChI=1S/C17H18N2O2/c1-9-6-18-7-13-12(9)8-19-14-3-2-10-4-15(20)16(21)5-11(10)17(13)14/h4-7,14,17,19-21H,2-3,8H2,1H3/t14-,17+/m1/s1. The van der Waals surface area contributed by atoms with Crippen LogP contribution in [0, 0.1) is 6.92 Å². The highest BCUT2D eigenvalue weighted by Gasteiger charge is 2.36. The molecule has 4 heteroatoms. The number of phenolic OH excluding ortho intramolecular Hbond substituents is 2. The number of phenols is 2. The summed E-state index contributed by atoms with van der Waals surface area (Å²) in [6, 6.07) is 3.80. The molecule has 2 aromatic rings. The van der Waals surface area contributed by atoms with E-state index in [2.05, 4.69) is 17.2 Å². The van der Waals surface area contributed by atoms with Crippen LogP contribution in [0.1, 0.15) is 40.2 Å². The SMILES string of the molecule is Cc1cncc2c1CN[C@@H]1CCc3cc(O)c(O)cc3[C@@H]21. The first-order valence-electron chi connectivity index (χ1n) is 7.36. The second-order valence-corrected chi connectivity index (χ2v) is 6.07. The molecular weight excluding hydrogens is 264 g/mol. The Morgan fingerprint density at radius 1 is 1.14 bits per heavy atom. The van der Waals surface area contributed by atoms with Gasteiger partial charge in [0.15, 0.2) is 11.5 Å². The maximum Gasteiger partial charge on any atom is 0.157 e. The first-order chi connectivity index (χ1) is 10.1. The van der Waals surface area contributed by atoms with E-state index in [1.807, 2.05) is 12.4 Å². The van der Waals surface area contributed by atoms with Gasteiger partial charge in [-0.15, -0.1) is 0 Å². The van der Waals surface area contributed by atoms with Gasteiger partial charge in [0.25, 0.3) is 0 Å². The smallest absolute Gasteiger partial charge is 0.157 e. The summed E-state index contributed by atoms with van der Waals surface area (Å²) in [5.41, 5.74) is 6.01. The van der Waals surface area contributed by atoms with Gasteiger partial charge in [0, 0.05) is 30.9 Å². The van der Waals surface area contributed by atoms with Crippen molar-refractivity contribution in [1.82, 2.24) is 10.3 Å². The molecule has 0 unspecified atom stereocenters. The molecule has 0 fully saturated rings. The Balaban J connectivity index is 1.93. The molecule has 0 saturated carbocycles. The second kappa shape index (κ2) is 4.46. The summed E-state index contributed by atoms with van der Waals surface area (Å²) in [5.74, 6) is 0.136. The van der Waals surface area contributed by atoms with Crippen molar-refractivity contribution in [3.63, 3.8) is 0 Å². The molecule has 0 saturated heterocycles. The van der Waals surface area contributed by atoms with Crippen LogP contribution in [0.15, 0.2) is 24.5 Å². The lowest BCUT2D eigenvalue weighted by molar-refractivity contribution is 0.379. The van der Waals surface area contributed by atoms with Gasteiger partial charge in [0.1, 0.15) is 0 Å². The van der Waals surface area contributed by atoms with E-state index in [4.69, 9.17) is 0 Å². The van der Waals surface area contributed by atoms with Crippen LogP contribution in [0.3, 0.4) is 0 Å². The van der Waals surface area contributed by atoms with Crippen molar-refractivity contribution >= 4 is 0 Å². The number of hydrogen-bond acceptors (Lipinski definition) is 4. The van der Waals surface area contributed by atoms with Crippen molar-refractivity contribution < 1.29 is 10.2 Å². The summed E-state index contributed by atoms with van der Waals surface area (Å²) in [6.07, 6.45) is 5.82. The van der Waals surface area contributed by atoms with E-state index in [1.54, 1.807) is 12.1 Å². The summed E-state index contributed by atoms with van der Waals surface area (Å²) < 4.78 is 0. The minimum absolute atomic E-state index is 0.0291. The number of nitrogens with one attached hydrogen (secondary N) is 1. The van der Waals surface area contributed by atoms with E-state index in [1.165, 1.54) is 16.7 Å². The third-order valence-corrected chi connectivity index (χ3v) is 4.88. The Hall–Kier alpha value is -2.07. The van der Waals surface area contributed by atoms with Crippen molar-refractivity contribution in [2.45, 2.75) is 38.3 Å². The molecule has 3 N–H and O–H groups in total. The number of nitrogens with zero attached hydrogens (tertiary/aromatic N) is 1. The van der Waals surface area contributed by atoms with Gasteiger partial charge in [-0.3, -0.25) is 4.98 Å². The third-order valence-electron chi connectivity index (χ3n) is 4.88. The largest absolute Gasteiger partial charge is 0.504 e. The highest BCUT2D eigenvalue weighted by Crippen LogP contribution is 2.44. The minimum atomic E-state index is -0.0397. The number of benzene rings is 1. The number of hydrogen-bond donors (Lipinski definition) is 3. The lowest BCUT2D eigenvalue weighted by Crippen LogP contribution is -2.43. The molecule has 2 atom stereocenters. The lowest BCUT2D eigenvalue weighted by atomic mass is 9.72. The Labute approximate surface area is 123 Å². The predicted octanol–water partition coefficient (Wildman–Crippen LogP) is 2.35. The average Bonchev–Trinajstić information content (AvgIpc) is 2.48. The molecule has 1 aliphatic carbocycles. The molecule has 0 radical (unpaired) electrons. The molecule has 108 valence electrons. The van der Waals surface area contributed by atoms with E-state index in [-0.39, 0.29) is 17.4 Å². The van der Waals surface area contributed by atoms with Gasteiger partial charge in [-0.1, -0.05) is 0 Å². The lowest BCUT2D eigenvalue weighted by Gasteiger charge is -2.39. The van der Waals surface area contributed by atoms with Crippen molar-refractivity contribution in [3.8, 4) is 11.5 Å². The summed E-state index contributed by atoms with van der Waals surface area (Å²) in [6.45, 7) is 2.97. The van der Waals surface area contributed by atoms with Crippen molar-refractivity contribution in [3.05, 3.63) is 52.3 Å². The van der Waals surface area contributed by atoms with E-state index in [9.17, 15) is 10.2 Å². The Morgan fingerprint density at radius 3 is 2.81 bits per heavy atom. The zero-order valence-electron chi connectivity index (χ0n) is 11.9. The summed E-state index contributed by atoms with van der Waals surface area (Å²) in [7, 11) is 0. The maximum atomic E-state index is 9.88. The quantitative estimate of drug-likeness (QED) is 0.649. The molecule has 1 aromatic heterocycles. The van der Waals surface area contributed by atoms with Gasteiger partial charge in [-0.25, -0.2) is 0 Å². The molecule has 4 nitrogen and oxygen atoms in total.